The zero-order chi connectivity index (χ0) is 14.2. The van der Waals surface area contributed by atoms with Crippen LogP contribution >= 0.6 is 0 Å². The summed E-state index contributed by atoms with van der Waals surface area (Å²) in [6, 6.07) is 0. The highest BCUT2D eigenvalue weighted by Gasteiger charge is 2.30. The van der Waals surface area contributed by atoms with Gasteiger partial charge >= 0.3 is 0 Å². The number of amides is 1. The second kappa shape index (κ2) is 4.78. The number of nitrogens with zero attached hydrogens (tertiary/aromatic N) is 2. The van der Waals surface area contributed by atoms with Crippen LogP contribution in [0.3, 0.4) is 0 Å². The Kier molecular flexibility index (Phi) is 3.46. The Morgan fingerprint density at radius 1 is 1.42 bits per heavy atom. The number of pyridine rings is 1. The zero-order valence-corrected chi connectivity index (χ0v) is 11.5. The maximum Gasteiger partial charge on any atom is 0.258 e. The quantitative estimate of drug-likeness (QED) is 0.837. The molecule has 0 unspecified atom stereocenters. The maximum atomic E-state index is 12.0. The van der Waals surface area contributed by atoms with Gasteiger partial charge in [0.2, 0.25) is 10.0 Å². The molecule has 0 spiro atoms. The van der Waals surface area contributed by atoms with Crippen LogP contribution in [0.2, 0.25) is 0 Å². The molecule has 1 aromatic rings. The van der Waals surface area contributed by atoms with Crippen LogP contribution in [-0.4, -0.2) is 44.4 Å². The first kappa shape index (κ1) is 13.8. The average Bonchev–Trinajstić information content (AvgIpc) is 3.10. The van der Waals surface area contributed by atoms with Crippen molar-refractivity contribution in [3.63, 3.8) is 0 Å². The van der Waals surface area contributed by atoms with Gasteiger partial charge in [0.15, 0.2) is 5.75 Å². The van der Waals surface area contributed by atoms with Gasteiger partial charge in [-0.2, -0.15) is 0 Å². The van der Waals surface area contributed by atoms with Crippen LogP contribution in [0, 0.1) is 0 Å². The van der Waals surface area contributed by atoms with Crippen molar-refractivity contribution < 1.29 is 17.9 Å². The third-order valence-electron chi connectivity index (χ3n) is 2.62. The second-order valence-corrected chi connectivity index (χ2v) is 6.11. The molecule has 0 atom stereocenters. The molecule has 1 saturated carbocycles. The summed E-state index contributed by atoms with van der Waals surface area (Å²) >= 11 is 0. The first-order valence-electron chi connectivity index (χ1n) is 5.70. The fourth-order valence-electron chi connectivity index (χ4n) is 1.50. The highest BCUT2D eigenvalue weighted by Crippen LogP contribution is 2.33. The number of sulfonamides is 1. The molecule has 2 N–H and O–H groups in total. The summed E-state index contributed by atoms with van der Waals surface area (Å²) < 4.78 is 28.6. The van der Waals surface area contributed by atoms with Crippen molar-refractivity contribution in [2.24, 2.45) is 5.14 Å². The van der Waals surface area contributed by atoms with E-state index in [9.17, 15) is 13.2 Å². The average molecular weight is 285 g/mol. The lowest BCUT2D eigenvalue weighted by Gasteiger charge is -2.16. The van der Waals surface area contributed by atoms with Crippen LogP contribution in [0.1, 0.15) is 23.2 Å². The Morgan fingerprint density at radius 3 is 2.53 bits per heavy atom. The van der Waals surface area contributed by atoms with Gasteiger partial charge in [0.05, 0.1) is 12.3 Å². The third-order valence-corrected chi connectivity index (χ3v) is 3.52. The smallest absolute Gasteiger partial charge is 0.258 e. The monoisotopic (exact) mass is 285 g/mol. The van der Waals surface area contributed by atoms with Gasteiger partial charge in [-0.3, -0.25) is 9.78 Å². The van der Waals surface area contributed by atoms with E-state index in [2.05, 4.69) is 4.98 Å². The molecule has 0 saturated heterocycles. The fourth-order valence-corrected chi connectivity index (χ4v) is 2.12. The highest BCUT2D eigenvalue weighted by atomic mass is 32.2. The first-order valence-corrected chi connectivity index (χ1v) is 7.24. The number of primary sulfonamides is 1. The molecule has 8 heteroatoms. The van der Waals surface area contributed by atoms with Gasteiger partial charge in [-0.25, -0.2) is 13.6 Å². The number of nitrogens with two attached hydrogens (primary N) is 1. The molecule has 0 bridgehead atoms. The SMILES string of the molecule is CN(C)C(=O)c1cncc(S(N)(=O)=O)c1OC1CC1. The minimum atomic E-state index is -3.99. The topological polar surface area (TPSA) is 103 Å². The highest BCUT2D eigenvalue weighted by molar-refractivity contribution is 7.89. The summed E-state index contributed by atoms with van der Waals surface area (Å²) in [5, 5.41) is 5.13. The van der Waals surface area contributed by atoms with Crippen LogP contribution in [-0.2, 0) is 10.0 Å². The van der Waals surface area contributed by atoms with Crippen molar-refractivity contribution in [2.45, 2.75) is 23.8 Å². The van der Waals surface area contributed by atoms with E-state index in [4.69, 9.17) is 9.88 Å². The Labute approximate surface area is 111 Å². The summed E-state index contributed by atoms with van der Waals surface area (Å²) in [5.74, 6) is -0.382. The van der Waals surface area contributed by atoms with Crippen LogP contribution in [0.15, 0.2) is 17.3 Å². The predicted molar refractivity (Wildman–Crippen MR) is 67.3 cm³/mol. The fraction of sp³-hybridized carbons (Fsp3) is 0.455. The van der Waals surface area contributed by atoms with Crippen LogP contribution in [0.5, 0.6) is 5.75 Å². The molecule has 1 heterocycles. The van der Waals surface area contributed by atoms with E-state index in [-0.39, 0.29) is 28.2 Å². The van der Waals surface area contributed by atoms with Gasteiger partial charge in [0, 0.05) is 20.3 Å². The van der Waals surface area contributed by atoms with E-state index in [1.54, 1.807) is 14.1 Å². The summed E-state index contributed by atoms with van der Waals surface area (Å²) in [6.07, 6.45) is 4.00. The van der Waals surface area contributed by atoms with E-state index in [1.165, 1.54) is 11.1 Å². The van der Waals surface area contributed by atoms with Crippen LogP contribution < -0.4 is 9.88 Å². The Bertz CT molecular complexity index is 608. The molecule has 1 fully saturated rings. The summed E-state index contributed by atoms with van der Waals surface area (Å²) in [6.45, 7) is 0. The van der Waals surface area contributed by atoms with Crippen LogP contribution in [0.25, 0.3) is 0 Å². The van der Waals surface area contributed by atoms with Crippen molar-refractivity contribution in [2.75, 3.05) is 14.1 Å². The Balaban J connectivity index is 2.56. The number of carbonyl (C=O) groups excluding carboxylic acids is 1. The van der Waals surface area contributed by atoms with E-state index >= 15 is 0 Å². The molecule has 7 nitrogen and oxygen atoms in total. The lowest BCUT2D eigenvalue weighted by Crippen LogP contribution is -2.24. The van der Waals surface area contributed by atoms with Gasteiger partial charge in [-0.05, 0) is 12.8 Å². The molecule has 1 aromatic heterocycles. The normalized spacial score (nSPS) is 15.1. The standard InChI is InChI=1S/C11H15N3O4S/c1-14(2)11(15)8-5-13-6-9(19(12,16)17)10(8)18-7-3-4-7/h5-7H,3-4H2,1-2H3,(H2,12,16,17). The minimum Gasteiger partial charge on any atom is -0.488 e. The first-order chi connectivity index (χ1) is 8.80. The van der Waals surface area contributed by atoms with E-state index in [1.807, 2.05) is 0 Å². The number of carbonyl (C=O) groups is 1. The van der Waals surface area contributed by atoms with Crippen LogP contribution in [0.4, 0.5) is 0 Å². The molecule has 0 aromatic carbocycles. The summed E-state index contributed by atoms with van der Waals surface area (Å²) in [4.78, 5) is 16.8. The van der Waals surface area contributed by atoms with Crippen molar-refractivity contribution in [1.82, 2.24) is 9.88 Å². The lowest BCUT2D eigenvalue weighted by atomic mass is 10.2. The molecule has 0 radical (unpaired) electrons. The third kappa shape index (κ3) is 3.02. The lowest BCUT2D eigenvalue weighted by molar-refractivity contribution is 0.0821. The second-order valence-electron chi connectivity index (χ2n) is 4.58. The Morgan fingerprint density at radius 2 is 2.05 bits per heavy atom. The minimum absolute atomic E-state index is 0.00120. The summed E-state index contributed by atoms with van der Waals surface area (Å²) in [5.41, 5.74) is 0.100. The molecule has 2 rings (SSSR count). The maximum absolute atomic E-state index is 12.0. The number of ether oxygens (including phenoxy) is 1. The number of hydrogen-bond donors (Lipinski definition) is 1. The molecule has 104 valence electrons. The van der Waals surface area contributed by atoms with Crippen molar-refractivity contribution in [3.05, 3.63) is 18.0 Å². The molecule has 1 amide bonds. The summed E-state index contributed by atoms with van der Waals surface area (Å²) in [7, 11) is -0.867. The van der Waals surface area contributed by atoms with Gasteiger partial charge in [-0.15, -0.1) is 0 Å². The molecule has 1 aliphatic carbocycles. The Hall–Kier alpha value is -1.67. The van der Waals surface area contributed by atoms with E-state index < -0.39 is 10.0 Å². The molecule has 19 heavy (non-hydrogen) atoms. The van der Waals surface area contributed by atoms with Gasteiger partial charge in [0.25, 0.3) is 5.91 Å². The predicted octanol–water partition coefficient (Wildman–Crippen LogP) is -0.0280. The number of hydrogen-bond acceptors (Lipinski definition) is 5. The number of rotatable bonds is 4. The largest absolute Gasteiger partial charge is 0.488 e. The van der Waals surface area contributed by atoms with E-state index in [0.717, 1.165) is 19.0 Å². The molecular formula is C11H15N3O4S. The van der Waals surface area contributed by atoms with Crippen molar-refractivity contribution in [3.8, 4) is 5.75 Å². The molecular weight excluding hydrogens is 270 g/mol. The molecule has 1 aliphatic rings. The van der Waals surface area contributed by atoms with Crippen molar-refractivity contribution >= 4 is 15.9 Å². The van der Waals surface area contributed by atoms with Gasteiger partial charge < -0.3 is 9.64 Å². The zero-order valence-electron chi connectivity index (χ0n) is 10.7. The van der Waals surface area contributed by atoms with Gasteiger partial charge in [0.1, 0.15) is 10.5 Å². The molecule has 0 aliphatic heterocycles. The van der Waals surface area contributed by atoms with Gasteiger partial charge in [-0.1, -0.05) is 0 Å². The van der Waals surface area contributed by atoms with Crippen molar-refractivity contribution in [1.29, 1.82) is 0 Å². The number of aromatic nitrogens is 1. The van der Waals surface area contributed by atoms with E-state index in [0.29, 0.717) is 0 Å².